The van der Waals surface area contributed by atoms with Crippen molar-refractivity contribution >= 4 is 0 Å². The molecule has 0 saturated heterocycles. The molecule has 80 valence electrons. The van der Waals surface area contributed by atoms with Crippen LogP contribution < -0.4 is 5.32 Å². The number of nitrogens with one attached hydrogen (secondary N) is 1. The highest BCUT2D eigenvalue weighted by molar-refractivity contribution is 4.98. The van der Waals surface area contributed by atoms with E-state index >= 15 is 0 Å². The second-order valence-electron chi connectivity index (χ2n) is 6.25. The fraction of sp³-hybridized carbons (Fsp3) is 1.00. The first kappa shape index (κ1) is 9.21. The van der Waals surface area contributed by atoms with Crippen molar-refractivity contribution in [3.05, 3.63) is 0 Å². The van der Waals surface area contributed by atoms with Gasteiger partial charge in [0.1, 0.15) is 0 Å². The van der Waals surface area contributed by atoms with Crippen LogP contribution in [0.1, 0.15) is 51.9 Å². The summed E-state index contributed by atoms with van der Waals surface area (Å²) in [6.07, 6.45) is 10.4. The summed E-state index contributed by atoms with van der Waals surface area (Å²) in [5, 5.41) is 3.89. The summed E-state index contributed by atoms with van der Waals surface area (Å²) in [6.45, 7) is 3.75. The molecule has 3 saturated carbocycles. The van der Waals surface area contributed by atoms with Gasteiger partial charge in [0.05, 0.1) is 0 Å². The molecule has 0 bridgehead atoms. The van der Waals surface area contributed by atoms with Crippen molar-refractivity contribution < 1.29 is 0 Å². The van der Waals surface area contributed by atoms with E-state index in [0.717, 1.165) is 17.9 Å². The standard InChI is InChI=1S/C13H23N/c1-13(7-2-8-13)9-14-12(10-3-4-10)11-5-6-11/h10-12,14H,2-9H2,1H3. The molecule has 3 fully saturated rings. The fourth-order valence-electron chi connectivity index (χ4n) is 2.95. The van der Waals surface area contributed by atoms with Gasteiger partial charge in [-0.1, -0.05) is 13.3 Å². The van der Waals surface area contributed by atoms with Crippen molar-refractivity contribution in [2.75, 3.05) is 6.54 Å². The highest BCUT2D eigenvalue weighted by atomic mass is 15.0. The van der Waals surface area contributed by atoms with E-state index in [1.165, 1.54) is 51.5 Å². The summed E-state index contributed by atoms with van der Waals surface area (Å²) >= 11 is 0. The Kier molecular flexibility index (Phi) is 2.12. The normalized spacial score (nSPS) is 30.4. The third kappa shape index (κ3) is 1.84. The molecule has 0 aromatic rings. The zero-order valence-electron chi connectivity index (χ0n) is 9.39. The van der Waals surface area contributed by atoms with Crippen LogP contribution in [0.2, 0.25) is 0 Å². The van der Waals surface area contributed by atoms with Crippen LogP contribution in [0.15, 0.2) is 0 Å². The lowest BCUT2D eigenvalue weighted by atomic mass is 9.70. The molecular weight excluding hydrogens is 170 g/mol. The molecule has 0 unspecified atom stereocenters. The Morgan fingerprint density at radius 2 is 1.71 bits per heavy atom. The molecule has 0 spiro atoms. The largest absolute Gasteiger partial charge is 0.313 e. The second-order valence-corrected chi connectivity index (χ2v) is 6.25. The molecule has 0 atom stereocenters. The van der Waals surface area contributed by atoms with Gasteiger partial charge in [-0.25, -0.2) is 0 Å². The molecule has 1 heteroatoms. The van der Waals surface area contributed by atoms with Crippen LogP contribution in [0.25, 0.3) is 0 Å². The Balaban J connectivity index is 1.49. The predicted octanol–water partition coefficient (Wildman–Crippen LogP) is 2.95. The van der Waals surface area contributed by atoms with E-state index in [9.17, 15) is 0 Å². The maximum absolute atomic E-state index is 3.89. The van der Waals surface area contributed by atoms with Gasteiger partial charge in [0.15, 0.2) is 0 Å². The lowest BCUT2D eigenvalue weighted by molar-refractivity contribution is 0.146. The summed E-state index contributed by atoms with van der Waals surface area (Å²) in [5.74, 6) is 2.12. The predicted molar refractivity (Wildman–Crippen MR) is 59.2 cm³/mol. The SMILES string of the molecule is CC1(CNC(C2CC2)C2CC2)CCC1. The first-order valence-electron chi connectivity index (χ1n) is 6.50. The zero-order valence-corrected chi connectivity index (χ0v) is 9.39. The van der Waals surface area contributed by atoms with E-state index in [1.54, 1.807) is 0 Å². The monoisotopic (exact) mass is 193 g/mol. The molecule has 1 nitrogen and oxygen atoms in total. The van der Waals surface area contributed by atoms with Gasteiger partial charge in [-0.15, -0.1) is 0 Å². The van der Waals surface area contributed by atoms with Gasteiger partial charge in [0.25, 0.3) is 0 Å². The smallest absolute Gasteiger partial charge is 0.0124 e. The molecule has 3 aliphatic carbocycles. The Hall–Kier alpha value is -0.0400. The quantitative estimate of drug-likeness (QED) is 0.708. The van der Waals surface area contributed by atoms with Crippen LogP contribution in [0, 0.1) is 17.3 Å². The van der Waals surface area contributed by atoms with Gasteiger partial charge < -0.3 is 5.32 Å². The minimum absolute atomic E-state index is 0.669. The van der Waals surface area contributed by atoms with Crippen LogP contribution in [0.4, 0.5) is 0 Å². The first-order chi connectivity index (χ1) is 6.77. The average Bonchev–Trinajstić information content (AvgIpc) is 2.96. The van der Waals surface area contributed by atoms with Crippen LogP contribution >= 0.6 is 0 Å². The van der Waals surface area contributed by atoms with Crippen LogP contribution in [0.5, 0.6) is 0 Å². The molecule has 14 heavy (non-hydrogen) atoms. The molecular formula is C13H23N. The Labute approximate surface area is 87.7 Å². The number of hydrogen-bond acceptors (Lipinski definition) is 1. The van der Waals surface area contributed by atoms with Gasteiger partial charge in [-0.3, -0.25) is 0 Å². The van der Waals surface area contributed by atoms with E-state index in [-0.39, 0.29) is 0 Å². The van der Waals surface area contributed by atoms with Gasteiger partial charge in [-0.2, -0.15) is 0 Å². The summed E-state index contributed by atoms with van der Waals surface area (Å²) in [5.41, 5.74) is 0.669. The van der Waals surface area contributed by atoms with Gasteiger partial charge in [0.2, 0.25) is 0 Å². The molecule has 0 amide bonds. The minimum atomic E-state index is 0.669. The van der Waals surface area contributed by atoms with Crippen molar-refractivity contribution in [1.29, 1.82) is 0 Å². The Morgan fingerprint density at radius 3 is 2.07 bits per heavy atom. The van der Waals surface area contributed by atoms with E-state index in [2.05, 4.69) is 12.2 Å². The van der Waals surface area contributed by atoms with Crippen molar-refractivity contribution in [2.45, 2.75) is 57.9 Å². The van der Waals surface area contributed by atoms with Crippen LogP contribution in [0.3, 0.4) is 0 Å². The molecule has 0 heterocycles. The van der Waals surface area contributed by atoms with Crippen molar-refractivity contribution in [3.63, 3.8) is 0 Å². The fourth-order valence-corrected chi connectivity index (χ4v) is 2.95. The van der Waals surface area contributed by atoms with E-state index in [4.69, 9.17) is 0 Å². The van der Waals surface area contributed by atoms with E-state index < -0.39 is 0 Å². The van der Waals surface area contributed by atoms with Crippen molar-refractivity contribution in [2.24, 2.45) is 17.3 Å². The topological polar surface area (TPSA) is 12.0 Å². The van der Waals surface area contributed by atoms with Gasteiger partial charge in [0, 0.05) is 12.6 Å². The average molecular weight is 193 g/mol. The van der Waals surface area contributed by atoms with Crippen molar-refractivity contribution in [3.8, 4) is 0 Å². The molecule has 0 aromatic carbocycles. The lowest BCUT2D eigenvalue weighted by Gasteiger charge is -2.40. The maximum atomic E-state index is 3.89. The summed E-state index contributed by atoms with van der Waals surface area (Å²) in [7, 11) is 0. The summed E-state index contributed by atoms with van der Waals surface area (Å²) < 4.78 is 0. The van der Waals surface area contributed by atoms with Gasteiger partial charge in [-0.05, 0) is 55.8 Å². The number of hydrogen-bond donors (Lipinski definition) is 1. The molecule has 3 rings (SSSR count). The Morgan fingerprint density at radius 1 is 1.14 bits per heavy atom. The molecule has 3 aliphatic rings. The van der Waals surface area contributed by atoms with Gasteiger partial charge >= 0.3 is 0 Å². The summed E-state index contributed by atoms with van der Waals surface area (Å²) in [4.78, 5) is 0. The molecule has 1 N–H and O–H groups in total. The van der Waals surface area contributed by atoms with E-state index in [0.29, 0.717) is 5.41 Å². The molecule has 0 radical (unpaired) electrons. The zero-order chi connectivity index (χ0) is 9.60. The first-order valence-corrected chi connectivity index (χ1v) is 6.50. The maximum Gasteiger partial charge on any atom is 0.0124 e. The third-order valence-electron chi connectivity index (χ3n) is 4.58. The van der Waals surface area contributed by atoms with Crippen molar-refractivity contribution in [1.82, 2.24) is 5.32 Å². The molecule has 0 aliphatic heterocycles. The minimum Gasteiger partial charge on any atom is -0.313 e. The van der Waals surface area contributed by atoms with E-state index in [1.807, 2.05) is 0 Å². The Bertz CT molecular complexity index is 199. The highest BCUT2D eigenvalue weighted by Crippen LogP contribution is 2.46. The third-order valence-corrected chi connectivity index (χ3v) is 4.58. The summed E-state index contributed by atoms with van der Waals surface area (Å²) in [6, 6.07) is 0.910. The van der Waals surface area contributed by atoms with Crippen LogP contribution in [-0.4, -0.2) is 12.6 Å². The molecule has 0 aromatic heterocycles. The second kappa shape index (κ2) is 3.23. The lowest BCUT2D eigenvalue weighted by Crippen LogP contribution is -2.43. The van der Waals surface area contributed by atoms with Crippen LogP contribution in [-0.2, 0) is 0 Å². The highest BCUT2D eigenvalue weighted by Gasteiger charge is 2.42. The number of rotatable bonds is 5.